The van der Waals surface area contributed by atoms with E-state index in [2.05, 4.69) is 36.9 Å². The number of allylic oxidation sites excluding steroid dienone is 3. The number of rotatable bonds is 4. The lowest BCUT2D eigenvalue weighted by Crippen LogP contribution is -2.38. The molecule has 4 heterocycles. The minimum absolute atomic E-state index is 0.0780. The highest BCUT2D eigenvalue weighted by atomic mass is 19.1. The van der Waals surface area contributed by atoms with Gasteiger partial charge in [0, 0.05) is 43.2 Å². The maximum Gasteiger partial charge on any atom is 0.321 e. The van der Waals surface area contributed by atoms with Gasteiger partial charge in [-0.3, -0.25) is 10.1 Å². The maximum absolute atomic E-state index is 13.6. The zero-order valence-electron chi connectivity index (χ0n) is 21.5. The molecular formula is C29H25FN8O. The molecule has 39 heavy (non-hydrogen) atoms. The summed E-state index contributed by atoms with van der Waals surface area (Å²) in [5, 5.41) is 14.6. The molecule has 6 rings (SSSR count). The minimum atomic E-state index is -0.284. The Morgan fingerprint density at radius 1 is 1.05 bits per heavy atom. The van der Waals surface area contributed by atoms with Gasteiger partial charge in [0.1, 0.15) is 11.5 Å². The summed E-state index contributed by atoms with van der Waals surface area (Å²) < 4.78 is 13.6. The van der Waals surface area contributed by atoms with Gasteiger partial charge in [-0.15, -0.1) is 0 Å². The molecule has 3 N–H and O–H groups in total. The molecule has 0 saturated heterocycles. The van der Waals surface area contributed by atoms with Crippen LogP contribution in [0.1, 0.15) is 18.2 Å². The number of pyridine rings is 2. The monoisotopic (exact) mass is 520 g/mol. The number of hydrogen-bond donors (Lipinski definition) is 3. The summed E-state index contributed by atoms with van der Waals surface area (Å²) >= 11 is 0. The highest BCUT2D eigenvalue weighted by Gasteiger charge is 2.27. The van der Waals surface area contributed by atoms with Crippen LogP contribution in [0.5, 0.6) is 0 Å². The predicted molar refractivity (Wildman–Crippen MR) is 150 cm³/mol. The summed E-state index contributed by atoms with van der Waals surface area (Å²) in [5.74, 6) is 0.323. The maximum atomic E-state index is 13.6. The van der Waals surface area contributed by atoms with Gasteiger partial charge in [0.2, 0.25) is 0 Å². The fraction of sp³-hybridized carbons (Fsp3) is 0.138. The molecule has 0 fully saturated rings. The van der Waals surface area contributed by atoms with E-state index in [1.54, 1.807) is 44.8 Å². The molecule has 194 valence electrons. The van der Waals surface area contributed by atoms with Gasteiger partial charge in [-0.1, -0.05) is 30.4 Å². The van der Waals surface area contributed by atoms with Crippen molar-refractivity contribution in [2.45, 2.75) is 13.0 Å². The number of H-pyrrole nitrogens is 1. The first-order valence-electron chi connectivity index (χ1n) is 12.4. The molecule has 1 atom stereocenters. The Bertz CT molecular complexity index is 1730. The number of benzene rings is 1. The standard InChI is InChI=1S/C29H25FN8O/c1-16-24-6-4-5-22(17-7-9-20(30)10-8-17)25(16)35-28(34-24)26-23-12-19(14-32-27(23)37-36-26)18-11-21(15-31-13-18)33-29(39)38(2)3/h4-15,24H,1-3H3,(H,33,39)(H,34,35)(H,32,36,37). The Kier molecular flexibility index (Phi) is 5.99. The Hall–Kier alpha value is -5.12. The summed E-state index contributed by atoms with van der Waals surface area (Å²) in [6.45, 7) is 2.04. The highest BCUT2D eigenvalue weighted by Crippen LogP contribution is 2.34. The van der Waals surface area contributed by atoms with Crippen molar-refractivity contribution < 1.29 is 9.18 Å². The Morgan fingerprint density at radius 2 is 1.85 bits per heavy atom. The van der Waals surface area contributed by atoms with Crippen LogP contribution in [0.4, 0.5) is 14.9 Å². The number of anilines is 1. The van der Waals surface area contributed by atoms with Crippen LogP contribution in [0, 0.1) is 5.82 Å². The van der Waals surface area contributed by atoms with Crippen molar-refractivity contribution >= 4 is 34.2 Å². The largest absolute Gasteiger partial charge is 0.358 e. The lowest BCUT2D eigenvalue weighted by molar-refractivity contribution is 0.230. The van der Waals surface area contributed by atoms with Gasteiger partial charge in [0.25, 0.3) is 0 Å². The van der Waals surface area contributed by atoms with Gasteiger partial charge in [0.05, 0.1) is 29.0 Å². The first-order chi connectivity index (χ1) is 18.9. The molecule has 2 amide bonds. The van der Waals surface area contributed by atoms with E-state index in [0.717, 1.165) is 38.9 Å². The second kappa shape index (κ2) is 9.64. The summed E-state index contributed by atoms with van der Waals surface area (Å²) in [7, 11) is 3.35. The molecule has 10 heteroatoms. The lowest BCUT2D eigenvalue weighted by Gasteiger charge is -2.25. The van der Waals surface area contributed by atoms with Gasteiger partial charge in [0.15, 0.2) is 11.5 Å². The van der Waals surface area contributed by atoms with Gasteiger partial charge >= 0.3 is 6.03 Å². The normalized spacial score (nSPS) is 16.4. The number of carbonyl (C=O) groups is 1. The van der Waals surface area contributed by atoms with E-state index in [1.165, 1.54) is 17.0 Å². The number of aromatic amines is 1. The molecule has 2 aliphatic rings. The van der Waals surface area contributed by atoms with E-state index in [-0.39, 0.29) is 17.9 Å². The Balaban J connectivity index is 1.39. The van der Waals surface area contributed by atoms with Gasteiger partial charge < -0.3 is 15.5 Å². The van der Waals surface area contributed by atoms with Crippen LogP contribution in [0.2, 0.25) is 0 Å². The van der Waals surface area contributed by atoms with Gasteiger partial charge in [-0.05, 0) is 42.3 Å². The fourth-order valence-electron chi connectivity index (χ4n) is 4.57. The zero-order chi connectivity index (χ0) is 27.1. The quantitative estimate of drug-likeness (QED) is 0.355. The van der Waals surface area contributed by atoms with E-state index < -0.39 is 0 Å². The third-order valence-corrected chi connectivity index (χ3v) is 6.70. The molecule has 3 aromatic heterocycles. The summed E-state index contributed by atoms with van der Waals surface area (Å²) in [6.07, 6.45) is 11.1. The SMILES string of the molecule is CC1=C2N=C(c3n[nH]c4ncc(-c5cncc(NC(=O)N(C)C)c5)cc34)NC1C=CC=C2c1ccc(F)cc1. The first-order valence-corrected chi connectivity index (χ1v) is 12.4. The Morgan fingerprint density at radius 3 is 2.64 bits per heavy atom. The second-order valence-electron chi connectivity index (χ2n) is 9.57. The molecule has 1 unspecified atom stereocenters. The lowest BCUT2D eigenvalue weighted by atomic mass is 9.96. The van der Waals surface area contributed by atoms with Crippen molar-refractivity contribution in [2.75, 3.05) is 19.4 Å². The van der Waals surface area contributed by atoms with Gasteiger partial charge in [-0.2, -0.15) is 5.10 Å². The van der Waals surface area contributed by atoms with Crippen molar-refractivity contribution in [3.63, 3.8) is 0 Å². The number of urea groups is 1. The molecule has 1 aliphatic carbocycles. The van der Waals surface area contributed by atoms with Crippen LogP contribution in [0.3, 0.4) is 0 Å². The smallest absolute Gasteiger partial charge is 0.321 e. The zero-order valence-corrected chi connectivity index (χ0v) is 21.5. The molecular weight excluding hydrogens is 495 g/mol. The highest BCUT2D eigenvalue weighted by molar-refractivity contribution is 6.10. The third kappa shape index (κ3) is 4.56. The van der Waals surface area contributed by atoms with Crippen LogP contribution in [-0.4, -0.2) is 57.1 Å². The van der Waals surface area contributed by atoms with Crippen LogP contribution in [-0.2, 0) is 0 Å². The summed E-state index contributed by atoms with van der Waals surface area (Å²) in [4.78, 5) is 27.4. The molecule has 1 aliphatic heterocycles. The van der Waals surface area contributed by atoms with E-state index in [1.807, 2.05) is 31.2 Å². The molecule has 1 aromatic carbocycles. The number of aromatic nitrogens is 4. The average molecular weight is 521 g/mol. The minimum Gasteiger partial charge on any atom is -0.358 e. The Labute approximate surface area is 223 Å². The van der Waals surface area contributed by atoms with E-state index in [9.17, 15) is 9.18 Å². The predicted octanol–water partition coefficient (Wildman–Crippen LogP) is 4.90. The van der Waals surface area contributed by atoms with Crippen LogP contribution >= 0.6 is 0 Å². The van der Waals surface area contributed by atoms with Crippen molar-refractivity contribution in [1.29, 1.82) is 0 Å². The van der Waals surface area contributed by atoms with Crippen LogP contribution < -0.4 is 10.6 Å². The summed E-state index contributed by atoms with van der Waals surface area (Å²) in [6, 6.07) is 9.93. The number of aliphatic imine (C=N–C) groups is 1. The van der Waals surface area contributed by atoms with Crippen molar-refractivity contribution in [1.82, 2.24) is 30.4 Å². The van der Waals surface area contributed by atoms with Crippen molar-refractivity contribution in [2.24, 2.45) is 4.99 Å². The van der Waals surface area contributed by atoms with Gasteiger partial charge in [-0.25, -0.2) is 19.2 Å². The molecule has 0 saturated carbocycles. The number of amides is 2. The third-order valence-electron chi connectivity index (χ3n) is 6.70. The number of fused-ring (bicyclic) bond motifs is 2. The second-order valence-corrected chi connectivity index (χ2v) is 9.57. The number of carbonyl (C=O) groups excluding carboxylic acids is 1. The number of halogens is 1. The van der Waals surface area contributed by atoms with Crippen LogP contribution in [0.15, 0.2) is 89.5 Å². The number of nitrogens with one attached hydrogen (secondary N) is 3. The molecule has 0 radical (unpaired) electrons. The van der Waals surface area contributed by atoms with E-state index in [0.29, 0.717) is 22.9 Å². The van der Waals surface area contributed by atoms with Crippen molar-refractivity contribution in [3.8, 4) is 11.1 Å². The fourth-order valence-corrected chi connectivity index (χ4v) is 4.57. The topological polar surface area (TPSA) is 111 Å². The average Bonchev–Trinajstić information content (AvgIpc) is 3.33. The van der Waals surface area contributed by atoms with Crippen LogP contribution in [0.25, 0.3) is 27.7 Å². The molecule has 0 spiro atoms. The number of nitrogens with zero attached hydrogens (tertiary/aromatic N) is 5. The molecule has 9 nitrogen and oxygen atoms in total. The van der Waals surface area contributed by atoms with E-state index in [4.69, 9.17) is 4.99 Å². The number of amidine groups is 1. The van der Waals surface area contributed by atoms with E-state index >= 15 is 0 Å². The summed E-state index contributed by atoms with van der Waals surface area (Å²) in [5.41, 5.74) is 7.11. The van der Waals surface area contributed by atoms with Crippen molar-refractivity contribution in [3.05, 3.63) is 102 Å². The first kappa shape index (κ1) is 24.2. The number of hydrogen-bond acceptors (Lipinski definition) is 6. The molecule has 4 aromatic rings. The molecule has 2 bridgehead atoms.